The highest BCUT2D eigenvalue weighted by atomic mass is 35.5. The van der Waals surface area contributed by atoms with Crippen LogP contribution >= 0.6 is 23.4 Å². The van der Waals surface area contributed by atoms with Crippen molar-refractivity contribution >= 4 is 40.9 Å². The number of amides is 2. The molecule has 8 heteroatoms. The third kappa shape index (κ3) is 3.87. The van der Waals surface area contributed by atoms with E-state index in [0.29, 0.717) is 40.7 Å². The third-order valence-corrected chi connectivity index (χ3v) is 7.35. The van der Waals surface area contributed by atoms with Crippen LogP contribution < -0.4 is 10.1 Å². The molecule has 0 bridgehead atoms. The van der Waals surface area contributed by atoms with Gasteiger partial charge in [-0.25, -0.2) is 0 Å². The summed E-state index contributed by atoms with van der Waals surface area (Å²) in [7, 11) is 1.59. The molecule has 3 heterocycles. The number of hydrogen-bond acceptors (Lipinski definition) is 5. The lowest BCUT2D eigenvalue weighted by Gasteiger charge is -2.20. The third-order valence-electron chi connectivity index (χ3n) is 5.85. The van der Waals surface area contributed by atoms with Crippen LogP contribution in [0.4, 0.5) is 5.69 Å². The Morgan fingerprint density at radius 2 is 2.06 bits per heavy atom. The van der Waals surface area contributed by atoms with E-state index in [2.05, 4.69) is 5.32 Å². The van der Waals surface area contributed by atoms with Crippen molar-refractivity contribution in [2.75, 3.05) is 19.0 Å². The van der Waals surface area contributed by atoms with Crippen LogP contribution in [0.2, 0.25) is 5.02 Å². The lowest BCUT2D eigenvalue weighted by molar-refractivity contribution is -0.119. The number of halogens is 1. The molecule has 2 aromatic carbocycles. The molecule has 2 atom stereocenters. The number of methoxy groups -OCH3 is 1. The predicted octanol–water partition coefficient (Wildman–Crippen LogP) is 5.08. The summed E-state index contributed by atoms with van der Waals surface area (Å²) in [5, 5.41) is 3.69. The molecule has 2 amide bonds. The molecule has 2 aliphatic rings. The van der Waals surface area contributed by atoms with Gasteiger partial charge in [0.2, 0.25) is 5.91 Å². The number of nitrogens with one attached hydrogen (secondary N) is 1. The van der Waals surface area contributed by atoms with Crippen molar-refractivity contribution in [3.05, 3.63) is 71.1 Å². The fraction of sp³-hybridized carbons (Fsp3) is 0.250. The first-order valence-corrected chi connectivity index (χ1v) is 11.7. The highest BCUT2D eigenvalue weighted by Gasteiger charge is 2.43. The molecule has 0 saturated carbocycles. The van der Waals surface area contributed by atoms with Crippen LogP contribution in [0.1, 0.15) is 22.5 Å². The number of carbonyl (C=O) groups is 2. The van der Waals surface area contributed by atoms with Crippen LogP contribution in [0.25, 0.3) is 11.1 Å². The van der Waals surface area contributed by atoms with E-state index >= 15 is 0 Å². The normalized spacial score (nSPS) is 19.9. The monoisotopic (exact) mass is 468 g/mol. The Morgan fingerprint density at radius 3 is 2.84 bits per heavy atom. The van der Waals surface area contributed by atoms with Crippen LogP contribution in [0.5, 0.6) is 5.75 Å². The molecular weight excluding hydrogens is 448 g/mol. The van der Waals surface area contributed by atoms with Gasteiger partial charge in [-0.2, -0.15) is 0 Å². The second-order valence-electron chi connectivity index (χ2n) is 7.82. The highest BCUT2D eigenvalue weighted by molar-refractivity contribution is 7.99. The first-order chi connectivity index (χ1) is 15.5. The Labute approximate surface area is 194 Å². The number of thioether (sulfide) groups is 1. The summed E-state index contributed by atoms with van der Waals surface area (Å²) in [6.07, 6.45) is 2.27. The molecule has 0 aliphatic carbocycles. The second kappa shape index (κ2) is 8.56. The first-order valence-electron chi connectivity index (χ1n) is 10.3. The van der Waals surface area contributed by atoms with Gasteiger partial charge in [0, 0.05) is 22.4 Å². The maximum atomic E-state index is 13.5. The van der Waals surface area contributed by atoms with Crippen molar-refractivity contribution in [1.82, 2.24) is 4.90 Å². The molecule has 32 heavy (non-hydrogen) atoms. The minimum absolute atomic E-state index is 0.146. The first kappa shape index (κ1) is 21.0. The van der Waals surface area contributed by atoms with E-state index in [9.17, 15) is 9.59 Å². The molecule has 0 radical (unpaired) electrons. The number of fused-ring (bicyclic) bond motifs is 2. The summed E-state index contributed by atoms with van der Waals surface area (Å²) in [6.45, 7) is 0.520. The van der Waals surface area contributed by atoms with Gasteiger partial charge in [-0.05, 0) is 54.4 Å². The zero-order chi connectivity index (χ0) is 22.2. The molecule has 5 rings (SSSR count). The van der Waals surface area contributed by atoms with E-state index in [1.165, 1.54) is 0 Å². The average Bonchev–Trinajstić information content (AvgIpc) is 3.45. The number of ether oxygens (including phenoxy) is 1. The summed E-state index contributed by atoms with van der Waals surface area (Å²) >= 11 is 7.91. The Balaban J connectivity index is 1.43. The molecule has 1 N–H and O–H groups in total. The Morgan fingerprint density at radius 1 is 1.19 bits per heavy atom. The molecule has 1 fully saturated rings. The number of benzene rings is 2. The van der Waals surface area contributed by atoms with Crippen LogP contribution in [-0.4, -0.2) is 41.7 Å². The van der Waals surface area contributed by atoms with Crippen molar-refractivity contribution in [1.29, 1.82) is 0 Å². The van der Waals surface area contributed by atoms with Gasteiger partial charge in [0.05, 0.1) is 30.4 Å². The minimum Gasteiger partial charge on any atom is -0.496 e. The second-order valence-corrected chi connectivity index (χ2v) is 9.54. The number of hydrogen-bond donors (Lipinski definition) is 1. The van der Waals surface area contributed by atoms with Gasteiger partial charge in [-0.3, -0.25) is 9.59 Å². The highest BCUT2D eigenvalue weighted by Crippen LogP contribution is 2.38. The number of carbonyl (C=O) groups excluding carboxylic acids is 2. The van der Waals surface area contributed by atoms with Crippen molar-refractivity contribution in [3.63, 3.8) is 0 Å². The summed E-state index contributed by atoms with van der Waals surface area (Å²) < 4.78 is 10.9. The van der Waals surface area contributed by atoms with Gasteiger partial charge in [-0.15, -0.1) is 11.8 Å². The van der Waals surface area contributed by atoms with E-state index in [1.54, 1.807) is 54.3 Å². The molecule has 2 aliphatic heterocycles. The number of furan rings is 1. The van der Waals surface area contributed by atoms with Crippen LogP contribution in [0.3, 0.4) is 0 Å². The fourth-order valence-electron chi connectivity index (χ4n) is 4.26. The summed E-state index contributed by atoms with van der Waals surface area (Å²) in [5.41, 5.74) is 2.58. The zero-order valence-electron chi connectivity index (χ0n) is 17.3. The molecule has 0 unspecified atom stereocenters. The topological polar surface area (TPSA) is 71.8 Å². The summed E-state index contributed by atoms with van der Waals surface area (Å²) in [6, 6.07) is 14.1. The molecule has 3 aromatic rings. The van der Waals surface area contributed by atoms with Crippen LogP contribution in [0.15, 0.2) is 59.2 Å². The van der Waals surface area contributed by atoms with E-state index in [4.69, 9.17) is 20.8 Å². The number of anilines is 1. The molecule has 164 valence electrons. The zero-order valence-corrected chi connectivity index (χ0v) is 18.9. The predicted molar refractivity (Wildman–Crippen MR) is 125 cm³/mol. The van der Waals surface area contributed by atoms with Crippen LogP contribution in [0, 0.1) is 0 Å². The van der Waals surface area contributed by atoms with Crippen LogP contribution in [-0.2, 0) is 10.5 Å². The van der Waals surface area contributed by atoms with Gasteiger partial charge < -0.3 is 19.4 Å². The lowest BCUT2D eigenvalue weighted by Crippen LogP contribution is -2.40. The molecular formula is C24H21ClN2O4S. The van der Waals surface area contributed by atoms with Gasteiger partial charge in [0.15, 0.2) is 0 Å². The number of nitrogens with zero attached hydrogens (tertiary/aromatic N) is 1. The van der Waals surface area contributed by atoms with Gasteiger partial charge in [0.25, 0.3) is 5.91 Å². The molecule has 1 saturated heterocycles. The Bertz CT molecular complexity index is 1180. The molecule has 0 spiro atoms. The minimum atomic E-state index is -0.479. The van der Waals surface area contributed by atoms with Gasteiger partial charge in [-0.1, -0.05) is 17.7 Å². The van der Waals surface area contributed by atoms with Crippen molar-refractivity contribution in [3.8, 4) is 16.9 Å². The standard InChI is InChI=1S/C24H21ClN2O4S/c1-30-22-7-5-15(25)10-18(22)14-4-6-20-19(9-14)24(29)27-12-17(11-21(27)23(28)26-20)32-13-16-3-2-8-31-16/h2-10,17,21H,11-13H2,1H3,(H,26,28)/t17-,21-/m0/s1. The lowest BCUT2D eigenvalue weighted by atomic mass is 10.0. The maximum Gasteiger partial charge on any atom is 0.256 e. The molecule has 6 nitrogen and oxygen atoms in total. The van der Waals surface area contributed by atoms with Crippen molar-refractivity contribution in [2.45, 2.75) is 23.5 Å². The Kier molecular flexibility index (Phi) is 5.61. The van der Waals surface area contributed by atoms with Crippen molar-refractivity contribution < 1.29 is 18.7 Å². The Hall–Kier alpha value is -2.90. The summed E-state index contributed by atoms with van der Waals surface area (Å²) in [4.78, 5) is 28.1. The number of rotatable bonds is 5. The van der Waals surface area contributed by atoms with E-state index in [0.717, 1.165) is 16.9 Å². The van der Waals surface area contributed by atoms with E-state index in [1.807, 2.05) is 24.3 Å². The quantitative estimate of drug-likeness (QED) is 0.565. The largest absolute Gasteiger partial charge is 0.496 e. The average molecular weight is 469 g/mol. The van der Waals surface area contributed by atoms with Crippen molar-refractivity contribution in [2.24, 2.45) is 0 Å². The van der Waals surface area contributed by atoms with Gasteiger partial charge >= 0.3 is 0 Å². The maximum absolute atomic E-state index is 13.5. The van der Waals surface area contributed by atoms with E-state index < -0.39 is 6.04 Å². The smallest absolute Gasteiger partial charge is 0.256 e. The summed E-state index contributed by atoms with van der Waals surface area (Å²) in [5.74, 6) is 1.97. The molecule has 1 aromatic heterocycles. The fourth-order valence-corrected chi connectivity index (χ4v) is 5.58. The van der Waals surface area contributed by atoms with E-state index in [-0.39, 0.29) is 17.1 Å². The SMILES string of the molecule is COc1ccc(Cl)cc1-c1ccc2c(c1)C(=O)N1C[C@@H](SCc3ccco3)C[C@H]1C(=O)N2. The van der Waals surface area contributed by atoms with Gasteiger partial charge in [0.1, 0.15) is 17.6 Å².